The number of nitrogens with two attached hydrogens (primary N) is 1. The second-order valence-corrected chi connectivity index (χ2v) is 8.26. The number of benzene rings is 1. The molecule has 1 aromatic carbocycles. The first-order valence-corrected chi connectivity index (χ1v) is 9.40. The fraction of sp³-hybridized carbons (Fsp3) is 0.500. The van der Waals surface area contributed by atoms with Gasteiger partial charge < -0.3 is 15.4 Å². The van der Waals surface area contributed by atoms with Crippen molar-refractivity contribution in [3.05, 3.63) is 23.8 Å². The van der Waals surface area contributed by atoms with Crippen LogP contribution >= 0.6 is 0 Å². The number of hydrogen-bond donors (Lipinski definition) is 1. The molecule has 0 spiro atoms. The van der Waals surface area contributed by atoms with Crippen molar-refractivity contribution in [3.63, 3.8) is 0 Å². The number of sulfonamides is 1. The monoisotopic (exact) mass is 369 g/mol. The van der Waals surface area contributed by atoms with Gasteiger partial charge in [-0.1, -0.05) is 0 Å². The highest BCUT2D eigenvalue weighted by molar-refractivity contribution is 7.89. The van der Waals surface area contributed by atoms with Crippen molar-refractivity contribution >= 4 is 27.6 Å². The summed E-state index contributed by atoms with van der Waals surface area (Å²) in [6.45, 7) is 2.91. The first kappa shape index (κ1) is 19.2. The SMILES string of the molecule is C[C@@H](OC(=O)c1cc(S(=O)(=O)N(C)C)ccc1N1CCCC1)C(N)=O. The molecule has 9 heteroatoms. The fourth-order valence-electron chi connectivity index (χ4n) is 2.57. The van der Waals surface area contributed by atoms with Crippen LogP contribution in [0, 0.1) is 0 Å². The molecule has 1 saturated heterocycles. The molecule has 25 heavy (non-hydrogen) atoms. The Morgan fingerprint density at radius 1 is 1.24 bits per heavy atom. The molecular formula is C16H23N3O5S. The normalized spacial score (nSPS) is 16.1. The zero-order valence-corrected chi connectivity index (χ0v) is 15.4. The molecule has 0 aromatic heterocycles. The number of nitrogens with zero attached hydrogens (tertiary/aromatic N) is 2. The van der Waals surface area contributed by atoms with E-state index in [-0.39, 0.29) is 10.5 Å². The predicted octanol–water partition coefficient (Wildman–Crippen LogP) is 0.568. The topological polar surface area (TPSA) is 110 Å². The maximum atomic E-state index is 12.5. The van der Waals surface area contributed by atoms with Crippen LogP contribution in [0.4, 0.5) is 5.69 Å². The smallest absolute Gasteiger partial charge is 0.341 e. The van der Waals surface area contributed by atoms with Crippen molar-refractivity contribution in [3.8, 4) is 0 Å². The molecule has 138 valence electrons. The Labute approximate surface area is 147 Å². The van der Waals surface area contributed by atoms with Gasteiger partial charge in [0.05, 0.1) is 16.1 Å². The standard InChI is InChI=1S/C16H23N3O5S/c1-11(15(17)20)24-16(21)13-10-12(25(22,23)18(2)3)6-7-14(13)19-8-4-5-9-19/h6-7,10-11H,4-5,8-9H2,1-3H3,(H2,17,20)/t11-/m1/s1. The lowest BCUT2D eigenvalue weighted by Crippen LogP contribution is -2.31. The third-order valence-corrected chi connectivity index (χ3v) is 5.91. The average molecular weight is 369 g/mol. The molecule has 1 aliphatic rings. The molecule has 8 nitrogen and oxygen atoms in total. The lowest BCUT2D eigenvalue weighted by molar-refractivity contribution is -0.125. The van der Waals surface area contributed by atoms with E-state index in [1.165, 1.54) is 33.2 Å². The van der Waals surface area contributed by atoms with Gasteiger partial charge in [-0.05, 0) is 38.0 Å². The molecule has 1 aliphatic heterocycles. The van der Waals surface area contributed by atoms with E-state index < -0.39 is 28.0 Å². The summed E-state index contributed by atoms with van der Waals surface area (Å²) < 4.78 is 30.9. The summed E-state index contributed by atoms with van der Waals surface area (Å²) in [4.78, 5) is 25.7. The third kappa shape index (κ3) is 4.10. The van der Waals surface area contributed by atoms with Gasteiger partial charge >= 0.3 is 5.97 Å². The minimum absolute atomic E-state index is 0.0147. The second-order valence-electron chi connectivity index (χ2n) is 6.11. The van der Waals surface area contributed by atoms with Gasteiger partial charge in [-0.25, -0.2) is 17.5 Å². The Hall–Kier alpha value is -2.13. The van der Waals surface area contributed by atoms with Gasteiger partial charge in [0.1, 0.15) is 0 Å². The average Bonchev–Trinajstić information content (AvgIpc) is 3.08. The summed E-state index contributed by atoms with van der Waals surface area (Å²) in [5, 5.41) is 0. The number of ether oxygens (including phenoxy) is 1. The van der Waals surface area contributed by atoms with Crippen molar-refractivity contribution in [1.29, 1.82) is 0 Å². The first-order valence-electron chi connectivity index (χ1n) is 7.96. The number of amides is 1. The lowest BCUT2D eigenvalue weighted by Gasteiger charge is -2.22. The van der Waals surface area contributed by atoms with Crippen LogP contribution in [-0.2, 0) is 19.6 Å². The van der Waals surface area contributed by atoms with Gasteiger partial charge in [0.2, 0.25) is 10.0 Å². The predicted molar refractivity (Wildman–Crippen MR) is 92.8 cm³/mol. The van der Waals surface area contributed by atoms with Crippen LogP contribution in [0.15, 0.2) is 23.1 Å². The summed E-state index contributed by atoms with van der Waals surface area (Å²) in [6.07, 6.45) is 0.876. The van der Waals surface area contributed by atoms with Crippen LogP contribution in [0.5, 0.6) is 0 Å². The van der Waals surface area contributed by atoms with E-state index in [1.54, 1.807) is 6.07 Å². The quantitative estimate of drug-likeness (QED) is 0.734. The summed E-state index contributed by atoms with van der Waals surface area (Å²) in [5.74, 6) is -1.54. The Morgan fingerprint density at radius 2 is 1.84 bits per heavy atom. The van der Waals surface area contributed by atoms with Crippen LogP contribution < -0.4 is 10.6 Å². The minimum Gasteiger partial charge on any atom is -0.449 e. The zero-order valence-electron chi connectivity index (χ0n) is 14.6. The maximum absolute atomic E-state index is 12.5. The van der Waals surface area contributed by atoms with Crippen molar-refractivity contribution in [1.82, 2.24) is 4.31 Å². The molecular weight excluding hydrogens is 346 g/mol. The Kier molecular flexibility index (Phi) is 5.69. The fourth-order valence-corrected chi connectivity index (χ4v) is 3.49. The van der Waals surface area contributed by atoms with E-state index in [2.05, 4.69) is 0 Å². The number of anilines is 1. The molecule has 0 aliphatic carbocycles. The molecule has 0 radical (unpaired) electrons. The number of primary amides is 1. The maximum Gasteiger partial charge on any atom is 0.341 e. The second kappa shape index (κ2) is 7.40. The van der Waals surface area contributed by atoms with E-state index in [0.29, 0.717) is 5.69 Å². The van der Waals surface area contributed by atoms with Gasteiger partial charge in [0.25, 0.3) is 5.91 Å². The number of carbonyl (C=O) groups excluding carboxylic acids is 2. The van der Waals surface area contributed by atoms with Crippen molar-refractivity contribution in [2.45, 2.75) is 30.8 Å². The van der Waals surface area contributed by atoms with Crippen LogP contribution in [0.3, 0.4) is 0 Å². The Morgan fingerprint density at radius 3 is 2.36 bits per heavy atom. The van der Waals surface area contributed by atoms with Gasteiger partial charge in [-0.2, -0.15) is 0 Å². The summed E-state index contributed by atoms with van der Waals surface area (Å²) >= 11 is 0. The van der Waals surface area contributed by atoms with Crippen molar-refractivity contribution in [2.24, 2.45) is 5.73 Å². The van der Waals surface area contributed by atoms with Gasteiger partial charge in [0, 0.05) is 27.2 Å². The number of rotatable bonds is 6. The summed E-state index contributed by atoms with van der Waals surface area (Å²) in [6, 6.07) is 4.36. The molecule has 1 fully saturated rings. The van der Waals surface area contributed by atoms with E-state index in [9.17, 15) is 18.0 Å². The first-order chi connectivity index (χ1) is 11.6. The van der Waals surface area contributed by atoms with Crippen LogP contribution in [0.1, 0.15) is 30.1 Å². The number of esters is 1. The largest absolute Gasteiger partial charge is 0.449 e. The Bertz CT molecular complexity index is 770. The highest BCUT2D eigenvalue weighted by Crippen LogP contribution is 2.29. The minimum atomic E-state index is -3.70. The molecule has 0 saturated carbocycles. The molecule has 1 heterocycles. The molecule has 2 N–H and O–H groups in total. The zero-order chi connectivity index (χ0) is 18.8. The lowest BCUT2D eigenvalue weighted by atomic mass is 10.1. The molecule has 0 bridgehead atoms. The van der Waals surface area contributed by atoms with Crippen LogP contribution in [0.2, 0.25) is 0 Å². The third-order valence-electron chi connectivity index (χ3n) is 4.10. The molecule has 1 atom stereocenters. The van der Waals surface area contributed by atoms with E-state index in [0.717, 1.165) is 30.2 Å². The summed E-state index contributed by atoms with van der Waals surface area (Å²) in [7, 11) is -0.875. The molecule has 1 amide bonds. The van der Waals surface area contributed by atoms with Gasteiger partial charge in [0.15, 0.2) is 6.10 Å². The van der Waals surface area contributed by atoms with Crippen molar-refractivity contribution in [2.75, 3.05) is 32.1 Å². The van der Waals surface area contributed by atoms with E-state index in [1.807, 2.05) is 4.90 Å². The van der Waals surface area contributed by atoms with E-state index in [4.69, 9.17) is 10.5 Å². The van der Waals surface area contributed by atoms with Gasteiger partial charge in [-0.3, -0.25) is 4.79 Å². The van der Waals surface area contributed by atoms with E-state index >= 15 is 0 Å². The Balaban J connectivity index is 2.47. The van der Waals surface area contributed by atoms with Crippen LogP contribution in [0.25, 0.3) is 0 Å². The molecule has 2 rings (SSSR count). The van der Waals surface area contributed by atoms with Crippen LogP contribution in [-0.4, -0.2) is 57.9 Å². The summed E-state index contributed by atoms with van der Waals surface area (Å²) in [5.41, 5.74) is 5.84. The molecule has 0 unspecified atom stereocenters. The highest BCUT2D eigenvalue weighted by Gasteiger charge is 2.26. The number of hydrogen-bond acceptors (Lipinski definition) is 6. The molecule has 1 aromatic rings. The highest BCUT2D eigenvalue weighted by atomic mass is 32.2. The van der Waals surface area contributed by atoms with Gasteiger partial charge in [-0.15, -0.1) is 0 Å². The number of carbonyl (C=O) groups is 2. The van der Waals surface area contributed by atoms with Crippen molar-refractivity contribution < 1.29 is 22.7 Å².